The molecule has 0 fully saturated rings. The minimum Gasteiger partial charge on any atom is -0.457 e. The fraction of sp³-hybridized carbons (Fsp3) is 0.519. The number of cyclic esters (lactones) is 1. The van der Waals surface area contributed by atoms with E-state index in [-0.39, 0.29) is 5.97 Å². The number of aliphatic hydroxyl groups is 2. The molecule has 2 aromatic carbocycles. The Hall–Kier alpha value is -2.29. The van der Waals surface area contributed by atoms with Gasteiger partial charge in [-0.15, -0.1) is 0 Å². The highest BCUT2D eigenvalue weighted by molar-refractivity contribution is 5.93. The minimum atomic E-state index is -0.862. The first kappa shape index (κ1) is 24.8. The van der Waals surface area contributed by atoms with Gasteiger partial charge in [0.05, 0.1) is 18.3 Å². The summed E-state index contributed by atoms with van der Waals surface area (Å²) in [7, 11) is 2.12. The van der Waals surface area contributed by atoms with Gasteiger partial charge in [0.25, 0.3) is 0 Å². The third kappa shape index (κ3) is 5.04. The summed E-state index contributed by atoms with van der Waals surface area (Å²) in [6, 6.07) is 7.72. The molecular weight excluding hydrogens is 432 g/mol. The van der Waals surface area contributed by atoms with E-state index >= 15 is 0 Å². The maximum atomic E-state index is 11.8. The average Bonchev–Trinajstić information content (AvgIpc) is 3.39. The van der Waals surface area contributed by atoms with Gasteiger partial charge in [-0.2, -0.15) is 0 Å². The van der Waals surface area contributed by atoms with Crippen molar-refractivity contribution >= 4 is 5.97 Å². The molecule has 0 radical (unpaired) electrons. The van der Waals surface area contributed by atoms with E-state index in [1.807, 2.05) is 31.2 Å². The molecule has 0 saturated heterocycles. The predicted octanol–water partition coefficient (Wildman–Crippen LogP) is 3.02. The van der Waals surface area contributed by atoms with Gasteiger partial charge in [0, 0.05) is 37.3 Å². The summed E-state index contributed by atoms with van der Waals surface area (Å²) in [5, 5.41) is 20.9. The molecule has 0 bridgehead atoms. The second kappa shape index (κ2) is 10.5. The number of fused-ring (bicyclic) bond motifs is 2. The van der Waals surface area contributed by atoms with Crippen LogP contribution in [0.15, 0.2) is 24.3 Å². The Morgan fingerprint density at radius 2 is 1.85 bits per heavy atom. The van der Waals surface area contributed by atoms with Gasteiger partial charge >= 0.3 is 5.97 Å². The lowest BCUT2D eigenvalue weighted by atomic mass is 9.95. The van der Waals surface area contributed by atoms with Gasteiger partial charge in [-0.25, -0.2) is 4.79 Å². The molecule has 2 atom stereocenters. The van der Waals surface area contributed by atoms with Crippen molar-refractivity contribution in [2.24, 2.45) is 0 Å². The molecule has 184 valence electrons. The maximum absolute atomic E-state index is 11.8. The van der Waals surface area contributed by atoms with Crippen molar-refractivity contribution in [1.82, 2.24) is 9.80 Å². The van der Waals surface area contributed by atoms with E-state index < -0.39 is 12.4 Å². The van der Waals surface area contributed by atoms with E-state index in [4.69, 9.17) is 9.47 Å². The lowest BCUT2D eigenvalue weighted by Crippen LogP contribution is -2.36. The highest BCUT2D eigenvalue weighted by Crippen LogP contribution is 2.34. The number of hydrogen-bond donors (Lipinski definition) is 2. The number of benzene rings is 2. The van der Waals surface area contributed by atoms with Crippen LogP contribution in [0.2, 0.25) is 0 Å². The van der Waals surface area contributed by atoms with Gasteiger partial charge < -0.3 is 24.6 Å². The SMILES string of the molecule is CCN(CCN(C)CCc1ccc2c(c1C)COC2=O)CC(O)c1ccc2c(c1C)COC2O. The lowest BCUT2D eigenvalue weighted by molar-refractivity contribution is -0.0918. The Kier molecular flexibility index (Phi) is 7.70. The third-order valence-corrected chi connectivity index (χ3v) is 7.40. The first-order valence-electron chi connectivity index (χ1n) is 12.1. The molecule has 2 heterocycles. The summed E-state index contributed by atoms with van der Waals surface area (Å²) in [5.41, 5.74) is 7.85. The number of carbonyl (C=O) groups is 1. The quantitative estimate of drug-likeness (QED) is 0.519. The Morgan fingerprint density at radius 1 is 1.06 bits per heavy atom. The number of ether oxygens (including phenoxy) is 2. The highest BCUT2D eigenvalue weighted by Gasteiger charge is 2.26. The van der Waals surface area contributed by atoms with Gasteiger partial charge in [-0.1, -0.05) is 25.1 Å². The first-order chi connectivity index (χ1) is 16.3. The minimum absolute atomic E-state index is 0.218. The van der Waals surface area contributed by atoms with Gasteiger partial charge in [-0.05, 0) is 67.7 Å². The van der Waals surface area contributed by atoms with Gasteiger partial charge in [0.2, 0.25) is 0 Å². The maximum Gasteiger partial charge on any atom is 0.338 e. The normalized spacial score (nSPS) is 17.9. The zero-order valence-electron chi connectivity index (χ0n) is 20.6. The topological polar surface area (TPSA) is 82.5 Å². The number of nitrogens with zero attached hydrogens (tertiary/aromatic N) is 2. The molecule has 4 rings (SSSR count). The fourth-order valence-corrected chi connectivity index (χ4v) is 4.96. The lowest BCUT2D eigenvalue weighted by Gasteiger charge is -2.27. The summed E-state index contributed by atoms with van der Waals surface area (Å²) in [6.45, 7) is 11.0. The van der Waals surface area contributed by atoms with Crippen LogP contribution in [0.25, 0.3) is 0 Å². The summed E-state index contributed by atoms with van der Waals surface area (Å²) < 4.78 is 10.5. The van der Waals surface area contributed by atoms with Crippen LogP contribution in [0.3, 0.4) is 0 Å². The van der Waals surface area contributed by atoms with Crippen molar-refractivity contribution < 1.29 is 24.5 Å². The third-order valence-electron chi connectivity index (χ3n) is 7.40. The predicted molar refractivity (Wildman–Crippen MR) is 130 cm³/mol. The first-order valence-corrected chi connectivity index (χ1v) is 12.1. The number of hydrogen-bond acceptors (Lipinski definition) is 7. The molecule has 2 N–H and O–H groups in total. The van der Waals surface area contributed by atoms with E-state index in [9.17, 15) is 15.0 Å². The molecular formula is C27H36N2O5. The van der Waals surface area contributed by atoms with Crippen LogP contribution >= 0.6 is 0 Å². The van der Waals surface area contributed by atoms with E-state index in [1.54, 1.807) is 0 Å². The molecule has 0 aliphatic carbocycles. The van der Waals surface area contributed by atoms with Crippen LogP contribution in [-0.4, -0.2) is 65.8 Å². The summed E-state index contributed by atoms with van der Waals surface area (Å²) in [6.07, 6.45) is -0.535. The van der Waals surface area contributed by atoms with Crippen LogP contribution < -0.4 is 0 Å². The zero-order chi connectivity index (χ0) is 24.4. The Bertz CT molecular complexity index is 1050. The Balaban J connectivity index is 1.29. The van der Waals surface area contributed by atoms with Crippen LogP contribution in [0, 0.1) is 13.8 Å². The second-order valence-electron chi connectivity index (χ2n) is 9.43. The van der Waals surface area contributed by atoms with Gasteiger partial charge in [-0.3, -0.25) is 4.90 Å². The molecule has 7 heteroatoms. The smallest absolute Gasteiger partial charge is 0.338 e. The zero-order valence-corrected chi connectivity index (χ0v) is 20.6. The second-order valence-corrected chi connectivity index (χ2v) is 9.43. The van der Waals surface area contributed by atoms with Crippen LogP contribution in [0.5, 0.6) is 0 Å². The number of aliphatic hydroxyl groups excluding tert-OH is 2. The molecule has 0 saturated carbocycles. The molecule has 2 aliphatic rings. The van der Waals surface area contributed by atoms with Crippen LogP contribution in [0.4, 0.5) is 0 Å². The van der Waals surface area contributed by atoms with Crippen molar-refractivity contribution in [3.8, 4) is 0 Å². The standard InChI is InChI=1S/C27H36N2O5/c1-5-29(14-25(30)20-8-9-22-24(18(20)3)16-34-27(22)32)13-12-28(4)11-10-19-6-7-21-23(17(19)2)15-33-26(21)31/h6-9,25,27,30,32H,5,10-16H2,1-4H3. The molecule has 2 unspecified atom stereocenters. The molecule has 2 aromatic rings. The van der Waals surface area contributed by atoms with Crippen molar-refractivity contribution in [3.05, 3.63) is 68.8 Å². The molecule has 34 heavy (non-hydrogen) atoms. The van der Waals surface area contributed by atoms with Gasteiger partial charge in [0.15, 0.2) is 6.29 Å². The van der Waals surface area contributed by atoms with Crippen molar-refractivity contribution in [2.75, 3.05) is 39.8 Å². The molecule has 0 amide bonds. The summed E-state index contributed by atoms with van der Waals surface area (Å²) in [4.78, 5) is 16.3. The van der Waals surface area contributed by atoms with Gasteiger partial charge in [0.1, 0.15) is 6.61 Å². The van der Waals surface area contributed by atoms with Crippen molar-refractivity contribution in [1.29, 1.82) is 0 Å². The molecule has 0 spiro atoms. The fourth-order valence-electron chi connectivity index (χ4n) is 4.96. The van der Waals surface area contributed by atoms with E-state index in [0.717, 1.165) is 66.0 Å². The highest BCUT2D eigenvalue weighted by atomic mass is 16.6. The number of likely N-dealkylation sites (N-methyl/N-ethyl adjacent to an activating group) is 2. The number of rotatable bonds is 10. The van der Waals surface area contributed by atoms with E-state index in [0.29, 0.717) is 25.3 Å². The van der Waals surface area contributed by atoms with E-state index in [1.165, 1.54) is 5.56 Å². The number of carbonyl (C=O) groups excluding carboxylic acids is 1. The Labute approximate surface area is 201 Å². The summed E-state index contributed by atoms with van der Waals surface area (Å²) in [5.74, 6) is -0.218. The molecule has 2 aliphatic heterocycles. The van der Waals surface area contributed by atoms with Crippen LogP contribution in [0.1, 0.15) is 68.6 Å². The number of esters is 1. The Morgan fingerprint density at radius 3 is 2.62 bits per heavy atom. The largest absolute Gasteiger partial charge is 0.457 e. The van der Waals surface area contributed by atoms with Crippen molar-refractivity contribution in [3.63, 3.8) is 0 Å². The monoisotopic (exact) mass is 468 g/mol. The average molecular weight is 469 g/mol. The summed E-state index contributed by atoms with van der Waals surface area (Å²) >= 11 is 0. The molecule has 7 nitrogen and oxygen atoms in total. The van der Waals surface area contributed by atoms with Crippen molar-refractivity contribution in [2.45, 2.75) is 52.8 Å². The van der Waals surface area contributed by atoms with Crippen LogP contribution in [-0.2, 0) is 29.1 Å². The van der Waals surface area contributed by atoms with E-state index in [2.05, 4.69) is 30.7 Å². The molecule has 0 aromatic heterocycles.